The Morgan fingerprint density at radius 1 is 0.904 bits per heavy atom. The third-order valence-corrected chi connectivity index (χ3v) is 10.9. The highest BCUT2D eigenvalue weighted by Crippen LogP contribution is 2.38. The quantitative estimate of drug-likeness (QED) is 0.130. The van der Waals surface area contributed by atoms with Gasteiger partial charge in [0.15, 0.2) is 0 Å². The summed E-state index contributed by atoms with van der Waals surface area (Å²) >= 11 is 6.93. The average molecular weight is 723 g/mol. The van der Waals surface area contributed by atoms with E-state index in [1.807, 2.05) is 12.1 Å². The predicted molar refractivity (Wildman–Crippen MR) is 206 cm³/mol. The van der Waals surface area contributed by atoms with Crippen LogP contribution in [0, 0.1) is 32.1 Å². The predicted octanol–water partition coefficient (Wildman–Crippen LogP) is 8.57. The molecule has 2 atom stereocenters. The molecule has 4 aromatic rings. The lowest BCUT2D eigenvalue weighted by Crippen LogP contribution is -2.36. The molecule has 9 heteroatoms. The van der Waals surface area contributed by atoms with Gasteiger partial charge in [-0.3, -0.25) is 9.88 Å². The van der Waals surface area contributed by atoms with Crippen molar-refractivity contribution < 1.29 is 19.3 Å². The number of aliphatic hydroxyl groups excluding tert-OH is 1. The van der Waals surface area contributed by atoms with Crippen LogP contribution in [0.4, 0.5) is 0 Å². The average Bonchev–Trinajstić information content (AvgIpc) is 3.56. The Morgan fingerprint density at radius 2 is 1.75 bits per heavy atom. The molecule has 8 nitrogen and oxygen atoms in total. The fourth-order valence-electron chi connectivity index (χ4n) is 7.50. The fraction of sp³-hybridized carbons (Fsp3) is 0.442. The Bertz CT molecular complexity index is 1890. The van der Waals surface area contributed by atoms with Gasteiger partial charge < -0.3 is 24.2 Å². The Morgan fingerprint density at radius 3 is 2.54 bits per heavy atom. The molecule has 0 bridgehead atoms. The van der Waals surface area contributed by atoms with Crippen molar-refractivity contribution in [1.29, 1.82) is 5.26 Å². The number of halogens is 1. The van der Waals surface area contributed by atoms with E-state index < -0.39 is 0 Å². The summed E-state index contributed by atoms with van der Waals surface area (Å²) in [6, 6.07) is 18.9. The van der Waals surface area contributed by atoms with Crippen molar-refractivity contribution in [2.75, 3.05) is 32.8 Å². The molecular weight excluding hydrogens is 672 g/mol. The minimum atomic E-state index is -0.196. The summed E-state index contributed by atoms with van der Waals surface area (Å²) in [5.74, 6) is 2.18. The van der Waals surface area contributed by atoms with E-state index in [-0.39, 0.29) is 12.7 Å². The number of rotatable bonds is 14. The first-order valence-corrected chi connectivity index (χ1v) is 19.0. The zero-order valence-electron chi connectivity index (χ0n) is 31.0. The van der Waals surface area contributed by atoms with Crippen molar-refractivity contribution in [3.63, 3.8) is 0 Å². The maximum Gasteiger partial charge on any atom is 0.142 e. The summed E-state index contributed by atoms with van der Waals surface area (Å²) in [5, 5.41) is 19.7. The molecule has 2 aliphatic heterocycles. The second kappa shape index (κ2) is 17.6. The Hall–Kier alpha value is -4.13. The number of hydrogen-bond acceptors (Lipinski definition) is 8. The van der Waals surface area contributed by atoms with Crippen molar-refractivity contribution in [2.45, 2.75) is 91.7 Å². The minimum Gasteiger partial charge on any atom is -0.493 e. The van der Waals surface area contributed by atoms with Crippen molar-refractivity contribution in [3.8, 4) is 34.4 Å². The smallest absolute Gasteiger partial charge is 0.142 e. The third kappa shape index (κ3) is 9.26. The number of piperidine rings is 1. The Balaban J connectivity index is 1.19. The maximum atomic E-state index is 9.83. The van der Waals surface area contributed by atoms with Crippen LogP contribution in [0.3, 0.4) is 0 Å². The number of hydrogen-bond donors (Lipinski definition) is 1. The lowest BCUT2D eigenvalue weighted by Gasteiger charge is -2.33. The van der Waals surface area contributed by atoms with E-state index in [9.17, 15) is 10.4 Å². The molecule has 3 heterocycles. The largest absolute Gasteiger partial charge is 0.493 e. The van der Waals surface area contributed by atoms with Crippen molar-refractivity contribution in [3.05, 3.63) is 105 Å². The summed E-state index contributed by atoms with van der Waals surface area (Å²) in [7, 11) is 0. The van der Waals surface area contributed by atoms with Crippen molar-refractivity contribution >= 4 is 11.6 Å². The van der Waals surface area contributed by atoms with Gasteiger partial charge in [0, 0.05) is 61.8 Å². The molecule has 1 aromatic heterocycles. The van der Waals surface area contributed by atoms with E-state index in [0.717, 1.165) is 84.7 Å². The molecule has 0 radical (unpaired) electrons. The Kier molecular flexibility index (Phi) is 12.7. The number of nitrogens with zero attached hydrogens (tertiary/aromatic N) is 4. The zero-order chi connectivity index (χ0) is 36.6. The molecule has 0 spiro atoms. The van der Waals surface area contributed by atoms with E-state index in [1.165, 1.54) is 30.4 Å². The van der Waals surface area contributed by atoms with Gasteiger partial charge in [-0.15, -0.1) is 0 Å². The lowest BCUT2D eigenvalue weighted by molar-refractivity contribution is 0.150. The number of nitriles is 1. The molecule has 0 aliphatic carbocycles. The number of aryl methyl sites for hydroxylation is 1. The van der Waals surface area contributed by atoms with Crippen molar-refractivity contribution in [1.82, 2.24) is 14.8 Å². The number of pyridine rings is 1. The highest BCUT2D eigenvalue weighted by molar-refractivity contribution is 6.32. The van der Waals surface area contributed by atoms with E-state index in [2.05, 4.69) is 78.9 Å². The van der Waals surface area contributed by atoms with Crippen LogP contribution in [0.15, 0.2) is 60.9 Å². The Labute approximate surface area is 313 Å². The van der Waals surface area contributed by atoms with Crippen LogP contribution in [0.2, 0.25) is 5.02 Å². The first-order chi connectivity index (χ1) is 25.2. The molecule has 0 amide bonds. The number of aliphatic hydroxyl groups is 1. The number of benzene rings is 3. The number of β-amino-alcohol motifs (C(OH)–C–C–N with tert-alkyl or cyclic N) is 1. The van der Waals surface area contributed by atoms with Crippen LogP contribution in [-0.2, 0) is 19.8 Å². The van der Waals surface area contributed by atoms with Crippen molar-refractivity contribution in [2.24, 2.45) is 0 Å². The summed E-state index contributed by atoms with van der Waals surface area (Å²) in [4.78, 5) is 8.99. The summed E-state index contributed by atoms with van der Waals surface area (Å²) in [6.45, 7) is 14.4. The highest BCUT2D eigenvalue weighted by atomic mass is 35.5. The van der Waals surface area contributed by atoms with Gasteiger partial charge >= 0.3 is 0 Å². The van der Waals surface area contributed by atoms with E-state index in [0.29, 0.717) is 41.3 Å². The number of ether oxygens (including phenoxy) is 3. The normalized spacial score (nSPS) is 17.9. The van der Waals surface area contributed by atoms with Gasteiger partial charge in [0.25, 0.3) is 0 Å². The number of likely N-dealkylation sites (tertiary alicyclic amines) is 2. The van der Waals surface area contributed by atoms with E-state index in [4.69, 9.17) is 25.8 Å². The monoisotopic (exact) mass is 722 g/mol. The first kappa shape index (κ1) is 37.6. The van der Waals surface area contributed by atoms with Crippen LogP contribution >= 0.6 is 11.6 Å². The highest BCUT2D eigenvalue weighted by Gasteiger charge is 2.22. The summed E-state index contributed by atoms with van der Waals surface area (Å²) < 4.78 is 19.2. The summed E-state index contributed by atoms with van der Waals surface area (Å²) in [5.41, 5.74) is 9.20. The lowest BCUT2D eigenvalue weighted by atomic mass is 9.90. The maximum absolute atomic E-state index is 9.83. The molecule has 2 aliphatic rings. The molecular formula is C43H51ClN4O4. The molecule has 0 saturated carbocycles. The molecule has 0 unspecified atom stereocenters. The minimum absolute atomic E-state index is 0.196. The third-order valence-electron chi connectivity index (χ3n) is 10.6. The molecule has 52 heavy (non-hydrogen) atoms. The van der Waals surface area contributed by atoms with Gasteiger partial charge in [0.2, 0.25) is 0 Å². The number of aromatic nitrogens is 1. The van der Waals surface area contributed by atoms with Gasteiger partial charge in [-0.2, -0.15) is 5.26 Å². The second-order valence-corrected chi connectivity index (χ2v) is 14.8. The van der Waals surface area contributed by atoms with Gasteiger partial charge in [-0.1, -0.05) is 42.3 Å². The first-order valence-electron chi connectivity index (χ1n) is 18.6. The molecule has 1 N–H and O–H groups in total. The van der Waals surface area contributed by atoms with Crippen LogP contribution in [-0.4, -0.2) is 64.8 Å². The van der Waals surface area contributed by atoms with Crippen LogP contribution in [0.25, 0.3) is 11.1 Å². The molecule has 274 valence electrons. The van der Waals surface area contributed by atoms with Crippen LogP contribution in [0.1, 0.15) is 78.0 Å². The van der Waals surface area contributed by atoms with E-state index >= 15 is 0 Å². The van der Waals surface area contributed by atoms with Gasteiger partial charge in [-0.25, -0.2) is 0 Å². The van der Waals surface area contributed by atoms with Gasteiger partial charge in [0.1, 0.15) is 36.5 Å². The van der Waals surface area contributed by atoms with Gasteiger partial charge in [-0.05, 0) is 112 Å². The molecule has 3 aromatic carbocycles. The zero-order valence-corrected chi connectivity index (χ0v) is 31.7. The SMILES string of the molecule is Cc1ccc(OCCCN2CC[C@@H](O)C2)c(C)c1-c1cccc(COc2cc(OCc3cncc(C#N)c3)c(CN3CCCC[C@H]3C)cc2Cl)c1C. The van der Waals surface area contributed by atoms with Crippen LogP contribution in [0.5, 0.6) is 17.2 Å². The van der Waals surface area contributed by atoms with Gasteiger partial charge in [0.05, 0.1) is 23.3 Å². The fourth-order valence-corrected chi connectivity index (χ4v) is 7.74. The molecule has 6 rings (SSSR count). The molecule has 2 fully saturated rings. The van der Waals surface area contributed by atoms with Crippen LogP contribution < -0.4 is 14.2 Å². The second-order valence-electron chi connectivity index (χ2n) is 14.4. The topological polar surface area (TPSA) is 91.1 Å². The summed E-state index contributed by atoms with van der Waals surface area (Å²) in [6.07, 6.45) is 8.47. The van der Waals surface area contributed by atoms with E-state index in [1.54, 1.807) is 18.5 Å². The molecule has 2 saturated heterocycles. The standard InChI is InChI=1S/C43H51ClN4O4/c1-29-12-13-40(50-18-8-15-47-17-14-37(49)26-47)32(4)43(29)38-11-7-10-35(31(38)3)28-52-42-21-41(51-27-34-19-33(22-45)23-46-24-34)36(20-39(42)44)25-48-16-6-5-9-30(48)2/h7,10-13,19-21,23-24,30,37,49H,5-6,8-9,14-18,25-28H2,1-4H3/t30-,37-/m1/s1.